The monoisotopic (exact) mass is 367 g/mol. The fourth-order valence-electron chi connectivity index (χ4n) is 3.17. The van der Waals surface area contributed by atoms with Crippen molar-refractivity contribution in [1.29, 1.82) is 0 Å². The molecular formula is C21H25N3O3. The molecule has 2 aromatic carbocycles. The lowest BCUT2D eigenvalue weighted by atomic mass is 10.1. The molecule has 0 aliphatic carbocycles. The predicted molar refractivity (Wildman–Crippen MR) is 105 cm³/mol. The van der Waals surface area contributed by atoms with E-state index in [-0.39, 0.29) is 11.9 Å². The summed E-state index contributed by atoms with van der Waals surface area (Å²) in [6.07, 6.45) is 0.706. The summed E-state index contributed by atoms with van der Waals surface area (Å²) in [5, 5.41) is 8.61. The second kappa shape index (κ2) is 8.12. The third-order valence-electron chi connectivity index (χ3n) is 4.71. The molecule has 1 heterocycles. The zero-order chi connectivity index (χ0) is 19.4. The van der Waals surface area contributed by atoms with E-state index in [0.29, 0.717) is 24.5 Å². The number of para-hydroxylation sites is 1. The van der Waals surface area contributed by atoms with Crippen LogP contribution in [0.15, 0.2) is 42.5 Å². The Morgan fingerprint density at radius 2 is 1.89 bits per heavy atom. The lowest BCUT2D eigenvalue weighted by Gasteiger charge is -2.14. The number of aromatic nitrogens is 2. The molecule has 0 aliphatic heterocycles. The Bertz CT molecular complexity index is 949. The number of amides is 1. The number of ether oxygens (including phenoxy) is 2. The van der Waals surface area contributed by atoms with Gasteiger partial charge in [0.25, 0.3) is 0 Å². The zero-order valence-corrected chi connectivity index (χ0v) is 16.2. The van der Waals surface area contributed by atoms with Crippen molar-refractivity contribution in [2.75, 3.05) is 20.8 Å². The summed E-state index contributed by atoms with van der Waals surface area (Å²) < 4.78 is 12.4. The van der Waals surface area contributed by atoms with Crippen molar-refractivity contribution in [2.24, 2.45) is 0 Å². The summed E-state index contributed by atoms with van der Waals surface area (Å²) in [5.74, 6) is 1.33. The summed E-state index contributed by atoms with van der Waals surface area (Å²) in [7, 11) is 3.22. The SMILES string of the molecule is COc1ccc(CCNC(=O)[C@H](C)n2nc(C)c3ccccc32)cc1OC. The molecule has 3 rings (SSSR count). The Labute approximate surface area is 159 Å². The average Bonchev–Trinajstić information content (AvgIpc) is 3.04. The van der Waals surface area contributed by atoms with Crippen LogP contribution in [0.5, 0.6) is 11.5 Å². The van der Waals surface area contributed by atoms with Gasteiger partial charge in [-0.2, -0.15) is 5.10 Å². The summed E-state index contributed by atoms with van der Waals surface area (Å²) in [6.45, 7) is 4.36. The number of nitrogens with one attached hydrogen (secondary N) is 1. The van der Waals surface area contributed by atoms with Gasteiger partial charge < -0.3 is 14.8 Å². The first-order valence-electron chi connectivity index (χ1n) is 8.97. The summed E-state index contributed by atoms with van der Waals surface area (Å²) >= 11 is 0. The number of fused-ring (bicyclic) bond motifs is 1. The van der Waals surface area contributed by atoms with Crippen LogP contribution in [0.3, 0.4) is 0 Å². The maximum absolute atomic E-state index is 12.6. The molecule has 1 amide bonds. The van der Waals surface area contributed by atoms with Crippen molar-refractivity contribution >= 4 is 16.8 Å². The topological polar surface area (TPSA) is 65.4 Å². The zero-order valence-electron chi connectivity index (χ0n) is 16.2. The lowest BCUT2D eigenvalue weighted by Crippen LogP contribution is -2.32. The fourth-order valence-corrected chi connectivity index (χ4v) is 3.17. The predicted octanol–water partition coefficient (Wildman–Crippen LogP) is 3.28. The molecule has 0 fully saturated rings. The van der Waals surface area contributed by atoms with Gasteiger partial charge in [0.15, 0.2) is 11.5 Å². The highest BCUT2D eigenvalue weighted by atomic mass is 16.5. The van der Waals surface area contributed by atoms with Crippen molar-refractivity contribution in [3.63, 3.8) is 0 Å². The van der Waals surface area contributed by atoms with Crippen molar-refractivity contribution in [3.8, 4) is 11.5 Å². The molecule has 0 unspecified atom stereocenters. The van der Waals surface area contributed by atoms with Crippen LogP contribution in [0.25, 0.3) is 10.9 Å². The standard InChI is InChI=1S/C21H25N3O3/c1-14-17-7-5-6-8-18(17)24(23-14)15(2)21(25)22-12-11-16-9-10-19(26-3)20(13-16)27-4/h5-10,13,15H,11-12H2,1-4H3,(H,22,25)/t15-/m0/s1. The Hall–Kier alpha value is -3.02. The Balaban J connectivity index is 1.64. The van der Waals surface area contributed by atoms with Gasteiger partial charge in [0.1, 0.15) is 6.04 Å². The van der Waals surface area contributed by atoms with Crippen LogP contribution in [0.2, 0.25) is 0 Å². The molecular weight excluding hydrogens is 342 g/mol. The van der Waals surface area contributed by atoms with Crippen LogP contribution in [-0.2, 0) is 11.2 Å². The molecule has 0 bridgehead atoms. The van der Waals surface area contributed by atoms with Crippen molar-refractivity contribution in [2.45, 2.75) is 26.3 Å². The minimum atomic E-state index is -0.381. The van der Waals surface area contributed by atoms with Crippen LogP contribution in [0.1, 0.15) is 24.2 Å². The van der Waals surface area contributed by atoms with Crippen LogP contribution < -0.4 is 14.8 Å². The van der Waals surface area contributed by atoms with Crippen LogP contribution >= 0.6 is 0 Å². The molecule has 1 aromatic heterocycles. The third kappa shape index (κ3) is 3.89. The summed E-state index contributed by atoms with van der Waals surface area (Å²) in [4.78, 5) is 12.6. The largest absolute Gasteiger partial charge is 0.493 e. The van der Waals surface area contributed by atoms with Gasteiger partial charge in [-0.05, 0) is 44.0 Å². The Morgan fingerprint density at radius 1 is 1.15 bits per heavy atom. The quantitative estimate of drug-likeness (QED) is 0.696. The first-order valence-corrected chi connectivity index (χ1v) is 8.97. The van der Waals surface area contributed by atoms with Gasteiger partial charge in [-0.3, -0.25) is 9.48 Å². The highest BCUT2D eigenvalue weighted by Crippen LogP contribution is 2.27. The molecule has 1 N–H and O–H groups in total. The van der Waals surface area contributed by atoms with Crippen LogP contribution in [0.4, 0.5) is 0 Å². The van der Waals surface area contributed by atoms with Gasteiger partial charge in [0.05, 0.1) is 25.4 Å². The molecule has 0 saturated carbocycles. The number of rotatable bonds is 7. The number of hydrogen-bond acceptors (Lipinski definition) is 4. The van der Waals surface area contributed by atoms with E-state index in [4.69, 9.17) is 9.47 Å². The third-order valence-corrected chi connectivity index (χ3v) is 4.71. The fraction of sp³-hybridized carbons (Fsp3) is 0.333. The average molecular weight is 367 g/mol. The highest BCUT2D eigenvalue weighted by Gasteiger charge is 2.18. The minimum absolute atomic E-state index is 0.0521. The molecule has 1 atom stereocenters. The maximum Gasteiger partial charge on any atom is 0.244 e. The second-order valence-electron chi connectivity index (χ2n) is 6.45. The van der Waals surface area contributed by atoms with E-state index in [0.717, 1.165) is 22.2 Å². The molecule has 6 nitrogen and oxygen atoms in total. The highest BCUT2D eigenvalue weighted by molar-refractivity contribution is 5.86. The molecule has 0 aliphatic rings. The van der Waals surface area contributed by atoms with Gasteiger partial charge in [0, 0.05) is 11.9 Å². The number of benzene rings is 2. The number of nitrogens with zero attached hydrogens (tertiary/aromatic N) is 2. The van der Waals surface area contributed by atoms with Gasteiger partial charge >= 0.3 is 0 Å². The number of hydrogen-bond donors (Lipinski definition) is 1. The lowest BCUT2D eigenvalue weighted by molar-refractivity contribution is -0.124. The van der Waals surface area contributed by atoms with E-state index in [2.05, 4.69) is 10.4 Å². The van der Waals surface area contributed by atoms with Crippen LogP contribution in [0, 0.1) is 6.92 Å². The molecule has 0 spiro atoms. The normalized spacial score (nSPS) is 12.0. The van der Waals surface area contributed by atoms with E-state index in [1.54, 1.807) is 18.9 Å². The number of carbonyl (C=O) groups is 1. The van der Waals surface area contributed by atoms with E-state index in [1.165, 1.54) is 0 Å². The number of carbonyl (C=O) groups excluding carboxylic acids is 1. The first kappa shape index (κ1) is 18.8. The molecule has 27 heavy (non-hydrogen) atoms. The van der Waals surface area contributed by atoms with Gasteiger partial charge in [-0.15, -0.1) is 0 Å². The first-order chi connectivity index (χ1) is 13.0. The van der Waals surface area contributed by atoms with Gasteiger partial charge in [-0.1, -0.05) is 24.3 Å². The van der Waals surface area contributed by atoms with Crippen LogP contribution in [-0.4, -0.2) is 36.5 Å². The van der Waals surface area contributed by atoms with E-state index < -0.39 is 0 Å². The van der Waals surface area contributed by atoms with Gasteiger partial charge in [-0.25, -0.2) is 0 Å². The van der Waals surface area contributed by atoms with Gasteiger partial charge in [0.2, 0.25) is 5.91 Å². The minimum Gasteiger partial charge on any atom is -0.493 e. The van der Waals surface area contributed by atoms with E-state index >= 15 is 0 Å². The smallest absolute Gasteiger partial charge is 0.244 e. The molecule has 0 radical (unpaired) electrons. The maximum atomic E-state index is 12.6. The molecule has 142 valence electrons. The Kier molecular flexibility index (Phi) is 5.64. The van der Waals surface area contributed by atoms with E-state index in [9.17, 15) is 4.79 Å². The van der Waals surface area contributed by atoms with E-state index in [1.807, 2.05) is 56.3 Å². The number of aryl methyl sites for hydroxylation is 1. The van der Waals surface area contributed by atoms with Crippen molar-refractivity contribution in [3.05, 3.63) is 53.7 Å². The Morgan fingerprint density at radius 3 is 2.63 bits per heavy atom. The molecule has 3 aromatic rings. The molecule has 0 saturated heterocycles. The summed E-state index contributed by atoms with van der Waals surface area (Å²) in [5.41, 5.74) is 2.97. The van der Waals surface area contributed by atoms with Crippen molar-refractivity contribution in [1.82, 2.24) is 15.1 Å². The number of methoxy groups -OCH3 is 2. The second-order valence-corrected chi connectivity index (χ2v) is 6.45. The summed E-state index contributed by atoms with van der Waals surface area (Å²) in [6, 6.07) is 13.3. The molecule has 6 heteroatoms. The van der Waals surface area contributed by atoms with Crippen molar-refractivity contribution < 1.29 is 14.3 Å².